The number of rotatable bonds is 4. The molecule has 5 nitrogen and oxygen atoms in total. The van der Waals surface area contributed by atoms with Crippen LogP contribution in [0.5, 0.6) is 5.75 Å². The second-order valence-corrected chi connectivity index (χ2v) is 4.51. The molecule has 1 aliphatic rings. The average Bonchev–Trinajstić information content (AvgIpc) is 2.93. The van der Waals surface area contributed by atoms with E-state index < -0.39 is 17.8 Å². The van der Waals surface area contributed by atoms with Gasteiger partial charge in [0, 0.05) is 12.6 Å². The molecule has 0 aliphatic carbocycles. The van der Waals surface area contributed by atoms with Gasteiger partial charge in [-0.25, -0.2) is 9.18 Å². The predicted molar refractivity (Wildman–Crippen MR) is 68.6 cm³/mol. The molecule has 0 radical (unpaired) electrons. The number of ether oxygens (including phenoxy) is 2. The summed E-state index contributed by atoms with van der Waals surface area (Å²) in [6.07, 6.45) is 1.35. The van der Waals surface area contributed by atoms with Gasteiger partial charge < -0.3 is 14.4 Å². The van der Waals surface area contributed by atoms with Gasteiger partial charge in [-0.15, -0.1) is 0 Å². The van der Waals surface area contributed by atoms with Gasteiger partial charge in [0.15, 0.2) is 6.61 Å². The molecule has 6 heteroatoms. The third-order valence-electron chi connectivity index (χ3n) is 3.20. The highest BCUT2D eigenvalue weighted by molar-refractivity contribution is 5.85. The Balaban J connectivity index is 1.93. The van der Waals surface area contributed by atoms with E-state index in [9.17, 15) is 14.0 Å². The minimum Gasteiger partial charge on any atom is -0.484 e. The van der Waals surface area contributed by atoms with Crippen molar-refractivity contribution in [3.8, 4) is 5.75 Å². The monoisotopic (exact) mass is 281 g/mol. The number of likely N-dealkylation sites (tertiary alicyclic amines) is 1. The number of halogens is 1. The van der Waals surface area contributed by atoms with E-state index in [-0.39, 0.29) is 18.3 Å². The van der Waals surface area contributed by atoms with E-state index >= 15 is 0 Å². The summed E-state index contributed by atoms with van der Waals surface area (Å²) >= 11 is 0. The molecule has 1 aromatic rings. The van der Waals surface area contributed by atoms with Crippen molar-refractivity contribution in [2.75, 3.05) is 20.3 Å². The largest absolute Gasteiger partial charge is 0.484 e. The van der Waals surface area contributed by atoms with Crippen LogP contribution in [0.2, 0.25) is 0 Å². The second kappa shape index (κ2) is 6.36. The van der Waals surface area contributed by atoms with Crippen molar-refractivity contribution in [3.63, 3.8) is 0 Å². The van der Waals surface area contributed by atoms with Crippen LogP contribution in [0.25, 0.3) is 0 Å². The van der Waals surface area contributed by atoms with Gasteiger partial charge in [-0.05, 0) is 25.0 Å². The molecule has 1 aliphatic heterocycles. The minimum absolute atomic E-state index is 0.225. The van der Waals surface area contributed by atoms with Crippen LogP contribution in [0, 0.1) is 5.82 Å². The molecular weight excluding hydrogens is 265 g/mol. The zero-order valence-corrected chi connectivity index (χ0v) is 11.2. The molecule has 1 heterocycles. The Labute approximate surface area is 116 Å². The van der Waals surface area contributed by atoms with Gasteiger partial charge in [0.25, 0.3) is 5.91 Å². The van der Waals surface area contributed by atoms with Crippen LogP contribution < -0.4 is 4.74 Å². The van der Waals surface area contributed by atoms with E-state index in [0.29, 0.717) is 13.0 Å². The molecule has 0 N–H and O–H groups in total. The average molecular weight is 281 g/mol. The van der Waals surface area contributed by atoms with E-state index in [4.69, 9.17) is 4.74 Å². The summed E-state index contributed by atoms with van der Waals surface area (Å²) in [6, 6.07) is 5.03. The topological polar surface area (TPSA) is 55.8 Å². The number of hydrogen-bond acceptors (Lipinski definition) is 4. The third kappa shape index (κ3) is 3.26. The van der Waals surface area contributed by atoms with Crippen LogP contribution >= 0.6 is 0 Å². The molecule has 1 fully saturated rings. The lowest BCUT2D eigenvalue weighted by Crippen LogP contribution is -2.43. The molecule has 20 heavy (non-hydrogen) atoms. The Morgan fingerprint density at radius 3 is 2.95 bits per heavy atom. The predicted octanol–water partition coefficient (Wildman–Crippen LogP) is 1.37. The lowest BCUT2D eigenvalue weighted by Gasteiger charge is -2.22. The van der Waals surface area contributed by atoms with Crippen molar-refractivity contribution < 1.29 is 23.5 Å². The second-order valence-electron chi connectivity index (χ2n) is 4.51. The first-order valence-electron chi connectivity index (χ1n) is 6.37. The summed E-state index contributed by atoms with van der Waals surface area (Å²) in [5, 5.41) is 0. The Hall–Kier alpha value is -2.11. The fourth-order valence-electron chi connectivity index (χ4n) is 2.23. The highest BCUT2D eigenvalue weighted by Gasteiger charge is 2.34. The molecule has 0 saturated carbocycles. The molecule has 1 atom stereocenters. The number of carbonyl (C=O) groups is 2. The van der Waals surface area contributed by atoms with Crippen LogP contribution in [0.4, 0.5) is 4.39 Å². The highest BCUT2D eigenvalue weighted by Crippen LogP contribution is 2.19. The summed E-state index contributed by atoms with van der Waals surface area (Å²) in [6.45, 7) is 0.280. The first-order valence-corrected chi connectivity index (χ1v) is 6.37. The van der Waals surface area contributed by atoms with Gasteiger partial charge in [-0.1, -0.05) is 6.07 Å². The molecule has 0 spiro atoms. The number of esters is 1. The van der Waals surface area contributed by atoms with Crippen molar-refractivity contribution in [2.24, 2.45) is 0 Å². The van der Waals surface area contributed by atoms with Crippen LogP contribution in [0.15, 0.2) is 24.3 Å². The van der Waals surface area contributed by atoms with E-state index in [0.717, 1.165) is 6.42 Å². The molecule has 0 bridgehead atoms. The van der Waals surface area contributed by atoms with Crippen molar-refractivity contribution >= 4 is 11.9 Å². The fourth-order valence-corrected chi connectivity index (χ4v) is 2.23. The zero-order chi connectivity index (χ0) is 14.5. The molecule has 108 valence electrons. The first-order chi connectivity index (χ1) is 9.61. The third-order valence-corrected chi connectivity index (χ3v) is 3.20. The van der Waals surface area contributed by atoms with Crippen molar-refractivity contribution in [1.29, 1.82) is 0 Å². The summed E-state index contributed by atoms with van der Waals surface area (Å²) in [7, 11) is 1.30. The zero-order valence-electron chi connectivity index (χ0n) is 11.2. The quantitative estimate of drug-likeness (QED) is 0.782. The fraction of sp³-hybridized carbons (Fsp3) is 0.429. The standard InChI is InChI=1S/C14H16FNO4/c1-19-14(18)12-6-3-7-16(12)13(17)9-20-11-5-2-4-10(15)8-11/h2,4-5,8,12H,3,6-7,9H2,1H3. The smallest absolute Gasteiger partial charge is 0.328 e. The molecule has 2 rings (SSSR count). The lowest BCUT2D eigenvalue weighted by molar-refractivity contribution is -0.151. The molecular formula is C14H16FNO4. The van der Waals surface area contributed by atoms with Crippen LogP contribution in [-0.2, 0) is 14.3 Å². The summed E-state index contributed by atoms with van der Waals surface area (Å²) in [5.41, 5.74) is 0. The van der Waals surface area contributed by atoms with Crippen LogP contribution in [-0.4, -0.2) is 43.1 Å². The summed E-state index contributed by atoms with van der Waals surface area (Å²) in [4.78, 5) is 25.0. The van der Waals surface area contributed by atoms with Gasteiger partial charge >= 0.3 is 5.97 Å². The van der Waals surface area contributed by atoms with Gasteiger partial charge in [0.05, 0.1) is 7.11 Å². The van der Waals surface area contributed by atoms with Gasteiger partial charge in [0.1, 0.15) is 17.6 Å². The molecule has 1 amide bonds. The Morgan fingerprint density at radius 2 is 2.25 bits per heavy atom. The van der Waals surface area contributed by atoms with E-state index in [2.05, 4.69) is 4.74 Å². The van der Waals surface area contributed by atoms with E-state index in [1.54, 1.807) is 6.07 Å². The molecule has 1 unspecified atom stereocenters. The van der Waals surface area contributed by atoms with E-state index in [1.165, 1.54) is 30.2 Å². The number of methoxy groups -OCH3 is 1. The molecule has 1 saturated heterocycles. The maximum absolute atomic E-state index is 13.0. The highest BCUT2D eigenvalue weighted by atomic mass is 19.1. The maximum atomic E-state index is 13.0. The lowest BCUT2D eigenvalue weighted by atomic mass is 10.2. The number of hydrogen-bond donors (Lipinski definition) is 0. The van der Waals surface area contributed by atoms with Crippen LogP contribution in [0.3, 0.4) is 0 Å². The Bertz CT molecular complexity index is 506. The number of amides is 1. The van der Waals surface area contributed by atoms with E-state index in [1.807, 2.05) is 0 Å². The summed E-state index contributed by atoms with van der Waals surface area (Å²) in [5.74, 6) is -0.862. The van der Waals surface area contributed by atoms with Gasteiger partial charge in [-0.3, -0.25) is 4.79 Å². The van der Waals surface area contributed by atoms with Crippen LogP contribution in [0.1, 0.15) is 12.8 Å². The minimum atomic E-state index is -0.538. The molecule has 1 aromatic carbocycles. The van der Waals surface area contributed by atoms with Crippen molar-refractivity contribution in [2.45, 2.75) is 18.9 Å². The Morgan fingerprint density at radius 1 is 1.45 bits per heavy atom. The molecule has 0 aromatic heterocycles. The first kappa shape index (κ1) is 14.3. The SMILES string of the molecule is COC(=O)C1CCCN1C(=O)COc1cccc(F)c1. The van der Waals surface area contributed by atoms with Gasteiger partial charge in [-0.2, -0.15) is 0 Å². The summed E-state index contributed by atoms with van der Waals surface area (Å²) < 4.78 is 22.9. The maximum Gasteiger partial charge on any atom is 0.328 e. The number of nitrogens with zero attached hydrogens (tertiary/aromatic N) is 1. The number of carbonyl (C=O) groups excluding carboxylic acids is 2. The van der Waals surface area contributed by atoms with Crippen molar-refractivity contribution in [3.05, 3.63) is 30.1 Å². The number of benzene rings is 1. The normalized spacial score (nSPS) is 17.9. The Kier molecular flexibility index (Phi) is 4.55. The van der Waals surface area contributed by atoms with Crippen molar-refractivity contribution in [1.82, 2.24) is 4.90 Å². The van der Waals surface area contributed by atoms with Gasteiger partial charge in [0.2, 0.25) is 0 Å².